The molecular weight excluding hydrogens is 482 g/mol. The molecule has 3 aromatic heterocycles. The van der Waals surface area contributed by atoms with Gasteiger partial charge in [0, 0.05) is 17.7 Å². The number of aromatic nitrogens is 5. The lowest BCUT2D eigenvalue weighted by Crippen LogP contribution is -2.28. The Morgan fingerprint density at radius 1 is 1.22 bits per heavy atom. The van der Waals surface area contributed by atoms with Crippen LogP contribution in [0.25, 0.3) is 22.3 Å². The van der Waals surface area contributed by atoms with E-state index in [0.717, 1.165) is 10.2 Å². The second kappa shape index (κ2) is 9.15. The number of carbonyl (C=O) groups is 1. The fourth-order valence-corrected chi connectivity index (χ4v) is 4.07. The number of nitrogens with one attached hydrogen (secondary N) is 1. The highest BCUT2D eigenvalue weighted by Crippen LogP contribution is 2.33. The first-order valence-corrected chi connectivity index (χ1v) is 10.9. The minimum Gasteiger partial charge on any atom is -0.349 e. The molecule has 10 heteroatoms. The van der Waals surface area contributed by atoms with Gasteiger partial charge in [0.2, 0.25) is 5.91 Å². The molecule has 0 atom stereocenters. The molecule has 3 heterocycles. The highest BCUT2D eigenvalue weighted by Gasteiger charge is 2.22. The van der Waals surface area contributed by atoms with Crippen molar-refractivity contribution in [1.82, 2.24) is 29.9 Å². The maximum absolute atomic E-state index is 13.9. The van der Waals surface area contributed by atoms with Crippen molar-refractivity contribution in [3.05, 3.63) is 64.0 Å². The van der Waals surface area contributed by atoms with Gasteiger partial charge in [-0.15, -0.1) is 0 Å². The number of fused-ring (bicyclic) bond motifs is 1. The molecule has 0 radical (unpaired) electrons. The summed E-state index contributed by atoms with van der Waals surface area (Å²) in [6, 6.07) is 10.5. The smallest absolute Gasteiger partial charge is 0.264 e. The minimum atomic E-state index is -2.69. The fraction of sp³-hybridized carbons (Fsp3) is 0.273. The molecule has 4 rings (SSSR count). The number of nitrogens with zero attached hydrogens (tertiary/aromatic N) is 5. The third kappa shape index (κ3) is 4.27. The van der Waals surface area contributed by atoms with Crippen molar-refractivity contribution in [1.29, 1.82) is 0 Å². The molecular formula is C22H21BrF2N6O. The van der Waals surface area contributed by atoms with E-state index in [9.17, 15) is 13.6 Å². The molecule has 0 bridgehead atoms. The van der Waals surface area contributed by atoms with Crippen LogP contribution < -0.4 is 5.32 Å². The highest BCUT2D eigenvalue weighted by atomic mass is 79.9. The molecule has 7 nitrogen and oxygen atoms in total. The van der Waals surface area contributed by atoms with Crippen LogP contribution in [0.4, 0.5) is 8.78 Å². The molecule has 0 saturated heterocycles. The summed E-state index contributed by atoms with van der Waals surface area (Å²) in [5, 5.41) is 11.7. The summed E-state index contributed by atoms with van der Waals surface area (Å²) in [7, 11) is 0. The number of pyridine rings is 1. The number of benzene rings is 1. The normalized spacial score (nSPS) is 11.4. The third-order valence-corrected chi connectivity index (χ3v) is 5.82. The number of hydrogen-bond acceptors (Lipinski definition) is 4. The Balaban J connectivity index is 1.66. The fourth-order valence-electron chi connectivity index (χ4n) is 3.64. The zero-order valence-electron chi connectivity index (χ0n) is 17.5. The van der Waals surface area contributed by atoms with Crippen LogP contribution >= 0.6 is 15.9 Å². The number of halogens is 3. The van der Waals surface area contributed by atoms with Gasteiger partial charge < -0.3 is 5.32 Å². The number of amides is 1. The Morgan fingerprint density at radius 3 is 2.66 bits per heavy atom. The van der Waals surface area contributed by atoms with Crippen molar-refractivity contribution in [2.24, 2.45) is 0 Å². The van der Waals surface area contributed by atoms with Gasteiger partial charge in [-0.1, -0.05) is 30.3 Å². The Hall–Kier alpha value is -3.14. The van der Waals surface area contributed by atoms with Gasteiger partial charge in [-0.2, -0.15) is 10.2 Å². The summed E-state index contributed by atoms with van der Waals surface area (Å²) in [6.07, 6.45) is -1.02. The van der Waals surface area contributed by atoms with E-state index >= 15 is 0 Å². The largest absolute Gasteiger partial charge is 0.349 e. The van der Waals surface area contributed by atoms with Gasteiger partial charge in [0.15, 0.2) is 5.65 Å². The molecule has 32 heavy (non-hydrogen) atoms. The van der Waals surface area contributed by atoms with Crippen LogP contribution in [-0.2, 0) is 24.4 Å². The molecule has 0 spiro atoms. The minimum absolute atomic E-state index is 0.143. The first kappa shape index (κ1) is 22.1. The highest BCUT2D eigenvalue weighted by molar-refractivity contribution is 9.10. The lowest BCUT2D eigenvalue weighted by atomic mass is 10.1. The maximum Gasteiger partial charge on any atom is 0.264 e. The number of hydrogen-bond donors (Lipinski definition) is 1. The van der Waals surface area contributed by atoms with Gasteiger partial charge in [0.05, 0.1) is 39.7 Å². The van der Waals surface area contributed by atoms with Crippen molar-refractivity contribution < 1.29 is 13.6 Å². The standard InChI is InChI=1S/C22H21BrF2N6O/c1-3-30-18(16(23)10-27-30)11-26-19(32)12-31-22-20(13(2)29-31)15(21(24)25)9-17(28-22)14-7-5-4-6-8-14/h4-10,21H,3,11-12H2,1-2H3,(H,26,32). The molecule has 0 saturated carbocycles. The second-order valence-corrected chi connectivity index (χ2v) is 8.09. The molecule has 0 aliphatic rings. The van der Waals surface area contributed by atoms with E-state index in [1.165, 1.54) is 10.7 Å². The molecule has 4 aromatic rings. The summed E-state index contributed by atoms with van der Waals surface area (Å²) in [6.45, 7) is 4.40. The summed E-state index contributed by atoms with van der Waals surface area (Å²) < 4.78 is 31.7. The molecule has 0 unspecified atom stereocenters. The average Bonchev–Trinajstić information content (AvgIpc) is 3.31. The average molecular weight is 503 g/mol. The number of aryl methyl sites for hydroxylation is 2. The molecule has 1 N–H and O–H groups in total. The van der Waals surface area contributed by atoms with Crippen LogP contribution in [0.15, 0.2) is 47.1 Å². The summed E-state index contributed by atoms with van der Waals surface area (Å²) >= 11 is 3.43. The van der Waals surface area contributed by atoms with E-state index in [-0.39, 0.29) is 35.6 Å². The number of carbonyl (C=O) groups excluding carboxylic acids is 1. The van der Waals surface area contributed by atoms with Gasteiger partial charge in [0.25, 0.3) is 6.43 Å². The molecule has 0 aliphatic carbocycles. The van der Waals surface area contributed by atoms with Gasteiger partial charge in [0.1, 0.15) is 6.54 Å². The van der Waals surface area contributed by atoms with Crippen LogP contribution in [0.2, 0.25) is 0 Å². The van der Waals surface area contributed by atoms with E-state index in [0.29, 0.717) is 23.5 Å². The van der Waals surface area contributed by atoms with Crippen molar-refractivity contribution >= 4 is 32.9 Å². The Morgan fingerprint density at radius 2 is 1.97 bits per heavy atom. The predicted octanol–water partition coefficient (Wildman–Crippen LogP) is 4.64. The van der Waals surface area contributed by atoms with E-state index in [2.05, 4.69) is 36.4 Å². The number of rotatable bonds is 7. The Kier molecular flexibility index (Phi) is 6.31. The maximum atomic E-state index is 13.9. The van der Waals surface area contributed by atoms with E-state index in [1.54, 1.807) is 29.9 Å². The monoisotopic (exact) mass is 502 g/mol. The molecule has 1 amide bonds. The summed E-state index contributed by atoms with van der Waals surface area (Å²) in [5.74, 6) is -0.310. The van der Waals surface area contributed by atoms with Gasteiger partial charge in [-0.3, -0.25) is 9.48 Å². The molecule has 0 fully saturated rings. The predicted molar refractivity (Wildman–Crippen MR) is 120 cm³/mol. The zero-order chi connectivity index (χ0) is 22.8. The zero-order valence-corrected chi connectivity index (χ0v) is 19.1. The molecule has 0 aliphatic heterocycles. The van der Waals surface area contributed by atoms with Gasteiger partial charge in [-0.05, 0) is 35.8 Å². The first-order valence-electron chi connectivity index (χ1n) is 10.1. The summed E-state index contributed by atoms with van der Waals surface area (Å²) in [5.41, 5.74) is 2.48. The van der Waals surface area contributed by atoms with E-state index < -0.39 is 6.43 Å². The van der Waals surface area contributed by atoms with Crippen molar-refractivity contribution in [3.63, 3.8) is 0 Å². The van der Waals surface area contributed by atoms with Crippen LogP contribution in [0.1, 0.15) is 30.3 Å². The van der Waals surface area contributed by atoms with Crippen LogP contribution in [0.3, 0.4) is 0 Å². The van der Waals surface area contributed by atoms with Gasteiger partial charge in [-0.25, -0.2) is 18.4 Å². The number of alkyl halides is 2. The van der Waals surface area contributed by atoms with Crippen molar-refractivity contribution in [3.8, 4) is 11.3 Å². The molecule has 166 valence electrons. The van der Waals surface area contributed by atoms with Gasteiger partial charge >= 0.3 is 0 Å². The van der Waals surface area contributed by atoms with E-state index in [1.807, 2.05) is 25.1 Å². The van der Waals surface area contributed by atoms with Crippen LogP contribution in [0.5, 0.6) is 0 Å². The lowest BCUT2D eigenvalue weighted by molar-refractivity contribution is -0.122. The van der Waals surface area contributed by atoms with Crippen LogP contribution in [-0.4, -0.2) is 30.5 Å². The van der Waals surface area contributed by atoms with Crippen molar-refractivity contribution in [2.75, 3.05) is 0 Å². The molecule has 1 aromatic carbocycles. The Labute approximate surface area is 191 Å². The lowest BCUT2D eigenvalue weighted by Gasteiger charge is -2.10. The Bertz CT molecular complexity index is 1270. The van der Waals surface area contributed by atoms with E-state index in [4.69, 9.17) is 0 Å². The van der Waals surface area contributed by atoms with Crippen LogP contribution in [0, 0.1) is 6.92 Å². The first-order chi connectivity index (χ1) is 15.4. The summed E-state index contributed by atoms with van der Waals surface area (Å²) in [4.78, 5) is 17.2. The topological polar surface area (TPSA) is 77.6 Å². The van der Waals surface area contributed by atoms with Crippen molar-refractivity contribution in [2.45, 2.75) is 39.9 Å². The SMILES string of the molecule is CCn1ncc(Br)c1CNC(=O)Cn1nc(C)c2c(C(F)F)cc(-c3ccccc3)nc21. The quantitative estimate of drug-likeness (QED) is 0.399. The second-order valence-electron chi connectivity index (χ2n) is 7.24. The third-order valence-electron chi connectivity index (χ3n) is 5.16.